The van der Waals surface area contributed by atoms with Gasteiger partial charge in [-0.2, -0.15) is 0 Å². The Balaban J connectivity index is 0.000000121. The lowest BCUT2D eigenvalue weighted by Gasteiger charge is -2.58. The number of piperidine rings is 4. The lowest BCUT2D eigenvalue weighted by molar-refractivity contribution is -0.133. The number of methoxy groups -OCH3 is 4. The van der Waals surface area contributed by atoms with E-state index in [1.807, 2.05) is 12.1 Å². The fourth-order valence-electron chi connectivity index (χ4n) is 15.7. The van der Waals surface area contributed by atoms with Crippen molar-refractivity contribution in [2.24, 2.45) is 23.7 Å². The molecule has 2 aromatic carbocycles. The van der Waals surface area contributed by atoms with Crippen molar-refractivity contribution in [3.8, 4) is 23.0 Å². The maximum Gasteiger partial charge on any atom is 0.229 e. The van der Waals surface area contributed by atoms with E-state index in [4.69, 9.17) is 45.9 Å². The summed E-state index contributed by atoms with van der Waals surface area (Å²) in [4.78, 5) is 36.5. The Kier molecular flexibility index (Phi) is 8.88. The van der Waals surface area contributed by atoms with Crippen LogP contribution in [0.15, 0.2) is 47.6 Å². The van der Waals surface area contributed by atoms with Crippen LogP contribution in [0.5, 0.6) is 23.0 Å². The van der Waals surface area contributed by atoms with Gasteiger partial charge in [0.2, 0.25) is 11.8 Å². The summed E-state index contributed by atoms with van der Waals surface area (Å²) in [6, 6.07) is 9.74. The highest BCUT2D eigenvalue weighted by Crippen LogP contribution is 2.68. The third-order valence-electron chi connectivity index (χ3n) is 17.6. The standard InChI is InChI=1S/2C23H26N2O4.H2O4S/c2*1-27-16-8-14-15(9-17(16)28-2)25-20(26)10-18-21-13-7-19-23(14,22(21)25)4-5-24(19)11-12(13)3-6-29-18;1-5(2,3)4/h2*3,8-9,13,18-19,21-22H,4-7,10-11H2,1-2H3;(H2,1,2,3,4)/p-2/t2*13-,18-,19-,21-,22-,23+;/m00./s1. The molecule has 12 atom stereocenters. The molecule has 63 heavy (non-hydrogen) atoms. The van der Waals surface area contributed by atoms with Gasteiger partial charge in [-0.3, -0.25) is 27.8 Å². The number of nitrogens with zero attached hydrogens (tertiary/aromatic N) is 4. The minimum atomic E-state index is -5.17. The molecule has 2 amide bonds. The Morgan fingerprint density at radius 2 is 1.02 bits per heavy atom. The van der Waals surface area contributed by atoms with Gasteiger partial charge in [0.1, 0.15) is 0 Å². The van der Waals surface area contributed by atoms with Crippen LogP contribution in [0.1, 0.15) is 49.7 Å². The van der Waals surface area contributed by atoms with Gasteiger partial charge in [-0.25, -0.2) is 0 Å². The first-order valence-electron chi connectivity index (χ1n) is 22.3. The van der Waals surface area contributed by atoms with Gasteiger partial charge >= 0.3 is 0 Å². The van der Waals surface area contributed by atoms with E-state index < -0.39 is 10.4 Å². The molecule has 2 saturated carbocycles. The average molecular weight is 885 g/mol. The molecule has 4 bridgehead atoms. The molecule has 14 rings (SSSR count). The lowest BCUT2D eigenvalue weighted by Crippen LogP contribution is -2.69. The molecule has 0 radical (unpaired) electrons. The maximum atomic E-state index is 13.5. The summed E-state index contributed by atoms with van der Waals surface area (Å²) in [7, 11) is 1.55. The summed E-state index contributed by atoms with van der Waals surface area (Å²) >= 11 is 0. The van der Waals surface area contributed by atoms with E-state index >= 15 is 0 Å². The van der Waals surface area contributed by atoms with E-state index in [9.17, 15) is 9.59 Å². The topological polar surface area (TPSA) is 183 Å². The predicted molar refractivity (Wildman–Crippen MR) is 224 cm³/mol. The van der Waals surface area contributed by atoms with Crippen LogP contribution in [0.25, 0.3) is 0 Å². The number of rotatable bonds is 4. The van der Waals surface area contributed by atoms with E-state index in [2.05, 4.69) is 43.9 Å². The third kappa shape index (κ3) is 5.32. The van der Waals surface area contributed by atoms with E-state index in [0.717, 1.165) is 61.9 Å². The van der Waals surface area contributed by atoms with E-state index in [1.165, 1.54) is 24.0 Å². The van der Waals surface area contributed by atoms with Crippen LogP contribution in [0, 0.1) is 23.7 Å². The Hall–Kier alpha value is -4.23. The Labute approximate surface area is 366 Å². The first kappa shape index (κ1) is 40.3. The third-order valence-corrected chi connectivity index (χ3v) is 17.6. The van der Waals surface area contributed by atoms with Gasteiger partial charge < -0.3 is 47.3 Å². The zero-order valence-electron chi connectivity index (χ0n) is 35.8. The largest absolute Gasteiger partial charge is 0.759 e. The van der Waals surface area contributed by atoms with Crippen molar-refractivity contribution in [3.63, 3.8) is 0 Å². The second-order valence-electron chi connectivity index (χ2n) is 19.4. The van der Waals surface area contributed by atoms with Gasteiger partial charge in [0.05, 0.1) is 90.2 Å². The van der Waals surface area contributed by atoms with Crippen molar-refractivity contribution in [1.29, 1.82) is 0 Å². The predicted octanol–water partition coefficient (Wildman–Crippen LogP) is 2.88. The van der Waals surface area contributed by atoms with E-state index in [-0.39, 0.29) is 46.9 Å². The van der Waals surface area contributed by atoms with Crippen molar-refractivity contribution in [2.75, 3.05) is 77.6 Å². The minimum Gasteiger partial charge on any atom is -0.759 e. The van der Waals surface area contributed by atoms with Gasteiger partial charge in [0.25, 0.3) is 0 Å². The number of fused-ring (bicyclic) bond motifs is 4. The highest BCUT2D eigenvalue weighted by Gasteiger charge is 2.73. The molecule has 336 valence electrons. The first-order valence-corrected chi connectivity index (χ1v) is 23.6. The van der Waals surface area contributed by atoms with Crippen molar-refractivity contribution >= 4 is 33.6 Å². The molecule has 17 heteroatoms. The summed E-state index contributed by atoms with van der Waals surface area (Å²) < 4.78 is 69.3. The molecule has 8 fully saturated rings. The lowest BCUT2D eigenvalue weighted by atomic mass is 9.53. The Morgan fingerprint density at radius 1 is 0.635 bits per heavy atom. The zero-order chi connectivity index (χ0) is 43.5. The van der Waals surface area contributed by atoms with E-state index in [0.29, 0.717) is 73.3 Å². The second-order valence-corrected chi connectivity index (χ2v) is 20.2. The molecule has 16 nitrogen and oxygen atoms in total. The summed E-state index contributed by atoms with van der Waals surface area (Å²) in [5.41, 5.74) is 7.70. The van der Waals surface area contributed by atoms with Crippen molar-refractivity contribution in [3.05, 3.63) is 58.7 Å². The molecule has 12 aliphatic rings. The SMILES string of the molecule is COc1cc2c(cc1OC)[C@@]13CCN4CC5=CCO[C@H]6CC(=O)N2[C@H]1[C@H]6[C@H]5C[C@H]43.COc1cc2c(cc1OC)[C@@]13CCN4CC5=CCO[C@H]6CC(=O)N2[C@H]1[C@H]6[C@H]5C[C@H]43.O=S(=O)([O-])[O-]. The number of ether oxygens (including phenoxy) is 6. The molecule has 0 N–H and O–H groups in total. The number of carbonyl (C=O) groups excluding carboxylic acids is 2. The highest BCUT2D eigenvalue weighted by atomic mass is 32.3. The molecular formula is C46H52N4O12S-2. The summed E-state index contributed by atoms with van der Waals surface area (Å²) in [5.74, 6) is 5.15. The van der Waals surface area contributed by atoms with Crippen LogP contribution in [0.4, 0.5) is 11.4 Å². The summed E-state index contributed by atoms with van der Waals surface area (Å²) in [6.45, 7) is 5.61. The van der Waals surface area contributed by atoms with Crippen LogP contribution >= 0.6 is 0 Å². The molecule has 0 aromatic heterocycles. The molecule has 10 aliphatic heterocycles. The highest BCUT2D eigenvalue weighted by molar-refractivity contribution is 7.79. The molecule has 2 aliphatic carbocycles. The number of hydrogen-bond acceptors (Lipinski definition) is 14. The monoisotopic (exact) mass is 884 g/mol. The van der Waals surface area contributed by atoms with Crippen LogP contribution in [0.2, 0.25) is 0 Å². The van der Waals surface area contributed by atoms with Crippen LogP contribution in [0.3, 0.4) is 0 Å². The maximum absolute atomic E-state index is 13.5. The average Bonchev–Trinajstić information content (AvgIpc) is 3.94. The number of benzene rings is 2. The zero-order valence-corrected chi connectivity index (χ0v) is 36.6. The van der Waals surface area contributed by atoms with Gasteiger partial charge in [-0.1, -0.05) is 23.3 Å². The number of hydrogen-bond donors (Lipinski definition) is 0. The van der Waals surface area contributed by atoms with Crippen molar-refractivity contribution < 1.29 is 55.5 Å². The van der Waals surface area contributed by atoms with Crippen LogP contribution in [-0.4, -0.2) is 143 Å². The molecule has 10 heterocycles. The molecular weight excluding hydrogens is 833 g/mol. The smallest absolute Gasteiger partial charge is 0.229 e. The fourth-order valence-corrected chi connectivity index (χ4v) is 15.7. The van der Waals surface area contributed by atoms with Gasteiger partial charge in [-0.15, -0.1) is 0 Å². The van der Waals surface area contributed by atoms with Gasteiger partial charge in [0.15, 0.2) is 23.0 Å². The summed E-state index contributed by atoms with van der Waals surface area (Å²) in [6.07, 6.45) is 10.2. The molecule has 2 aromatic rings. The normalized spacial score (nSPS) is 38.7. The van der Waals surface area contributed by atoms with Crippen LogP contribution in [-0.2, 0) is 40.3 Å². The number of carbonyl (C=O) groups is 2. The molecule has 0 unspecified atom stereocenters. The van der Waals surface area contributed by atoms with Gasteiger partial charge in [-0.05, 0) is 73.9 Å². The van der Waals surface area contributed by atoms with Crippen molar-refractivity contribution in [2.45, 2.75) is 85.7 Å². The summed E-state index contributed by atoms with van der Waals surface area (Å²) in [5, 5.41) is 0. The quantitative estimate of drug-likeness (QED) is 0.248. The first-order chi connectivity index (χ1) is 30.3. The number of amides is 2. The van der Waals surface area contributed by atoms with Crippen molar-refractivity contribution in [1.82, 2.24) is 9.80 Å². The number of anilines is 2. The van der Waals surface area contributed by atoms with E-state index in [1.54, 1.807) is 39.6 Å². The minimum absolute atomic E-state index is 0.0242. The molecule has 6 saturated heterocycles. The molecule has 2 spiro atoms. The van der Waals surface area contributed by atoms with Crippen LogP contribution < -0.4 is 28.7 Å². The fraction of sp³-hybridized carbons (Fsp3) is 0.609. The Morgan fingerprint density at radius 3 is 1.40 bits per heavy atom. The Bertz CT molecular complexity index is 2350. The van der Waals surface area contributed by atoms with Gasteiger partial charge in [0, 0.05) is 70.4 Å². The second kappa shape index (κ2) is 13.9.